The molecule has 0 radical (unpaired) electrons. The van der Waals surface area contributed by atoms with Gasteiger partial charge in [-0.1, -0.05) is 13.8 Å². The Kier molecular flexibility index (Phi) is 6.45. The zero-order chi connectivity index (χ0) is 12.7. The molecule has 0 aliphatic carbocycles. The van der Waals surface area contributed by atoms with Crippen LogP contribution in [0.1, 0.15) is 40.5 Å². The molecule has 0 saturated carbocycles. The van der Waals surface area contributed by atoms with Gasteiger partial charge in [-0.3, -0.25) is 0 Å². The monoisotopic (exact) mass is 242 g/mol. The number of rotatable bonds is 7. The molecule has 3 heteroatoms. The molecular weight excluding hydrogens is 212 g/mol. The summed E-state index contributed by atoms with van der Waals surface area (Å²) >= 11 is 0. The van der Waals surface area contributed by atoms with E-state index in [0.717, 1.165) is 38.7 Å². The minimum absolute atomic E-state index is 0.0868. The van der Waals surface area contributed by atoms with Gasteiger partial charge in [-0.15, -0.1) is 0 Å². The van der Waals surface area contributed by atoms with E-state index in [1.54, 1.807) is 0 Å². The van der Waals surface area contributed by atoms with Crippen molar-refractivity contribution in [3.05, 3.63) is 0 Å². The molecule has 1 saturated heterocycles. The predicted octanol–water partition coefficient (Wildman–Crippen LogP) is 2.12. The van der Waals surface area contributed by atoms with Crippen molar-refractivity contribution >= 4 is 0 Å². The molecule has 1 rings (SSSR count). The first-order valence-electron chi connectivity index (χ1n) is 7.14. The molecule has 0 amide bonds. The highest BCUT2D eigenvalue weighted by atomic mass is 16.5. The van der Waals surface area contributed by atoms with Crippen molar-refractivity contribution in [1.82, 2.24) is 10.2 Å². The lowest BCUT2D eigenvalue weighted by atomic mass is 9.88. The maximum Gasteiger partial charge on any atom is 0.0629 e. The number of nitrogens with zero attached hydrogens (tertiary/aromatic N) is 1. The third kappa shape index (κ3) is 5.84. The smallest absolute Gasteiger partial charge is 0.0629 e. The lowest BCUT2D eigenvalue weighted by molar-refractivity contribution is -0.0718. The summed E-state index contributed by atoms with van der Waals surface area (Å²) in [6, 6.07) is 0. The molecule has 1 heterocycles. The Labute approximate surface area is 107 Å². The molecule has 0 bridgehead atoms. The van der Waals surface area contributed by atoms with Crippen molar-refractivity contribution in [2.24, 2.45) is 5.92 Å². The van der Waals surface area contributed by atoms with Crippen molar-refractivity contribution in [3.8, 4) is 0 Å². The number of hydrogen-bond donors (Lipinski definition) is 1. The van der Waals surface area contributed by atoms with Gasteiger partial charge < -0.3 is 15.0 Å². The zero-order valence-electron chi connectivity index (χ0n) is 12.1. The largest absolute Gasteiger partial charge is 0.376 e. The van der Waals surface area contributed by atoms with Gasteiger partial charge in [0.05, 0.1) is 5.60 Å². The Hall–Kier alpha value is -0.120. The Morgan fingerprint density at radius 1 is 1.29 bits per heavy atom. The number of hydrogen-bond acceptors (Lipinski definition) is 3. The van der Waals surface area contributed by atoms with Crippen LogP contribution in [-0.2, 0) is 4.74 Å². The predicted molar refractivity (Wildman–Crippen MR) is 73.4 cm³/mol. The summed E-state index contributed by atoms with van der Waals surface area (Å²) in [6.45, 7) is 15.5. The molecule has 17 heavy (non-hydrogen) atoms. The van der Waals surface area contributed by atoms with Gasteiger partial charge in [-0.05, 0) is 52.2 Å². The Balaban J connectivity index is 2.10. The van der Waals surface area contributed by atoms with Gasteiger partial charge in [0.15, 0.2) is 0 Å². The van der Waals surface area contributed by atoms with Gasteiger partial charge >= 0.3 is 0 Å². The van der Waals surface area contributed by atoms with Crippen LogP contribution in [0, 0.1) is 5.92 Å². The van der Waals surface area contributed by atoms with Crippen molar-refractivity contribution in [2.75, 3.05) is 39.3 Å². The molecule has 0 spiro atoms. The van der Waals surface area contributed by atoms with Crippen LogP contribution in [0.2, 0.25) is 0 Å². The minimum Gasteiger partial charge on any atom is -0.376 e. The van der Waals surface area contributed by atoms with Gasteiger partial charge in [-0.2, -0.15) is 0 Å². The highest BCUT2D eigenvalue weighted by molar-refractivity contribution is 4.79. The molecule has 3 nitrogen and oxygen atoms in total. The maximum absolute atomic E-state index is 5.74. The van der Waals surface area contributed by atoms with E-state index in [0.29, 0.717) is 0 Å². The quantitative estimate of drug-likeness (QED) is 0.692. The number of ether oxygens (including phenoxy) is 1. The highest BCUT2D eigenvalue weighted by Crippen LogP contribution is 2.27. The molecule has 1 N–H and O–H groups in total. The van der Waals surface area contributed by atoms with Crippen LogP contribution in [0.4, 0.5) is 0 Å². The van der Waals surface area contributed by atoms with E-state index in [4.69, 9.17) is 4.74 Å². The summed E-state index contributed by atoms with van der Waals surface area (Å²) in [4.78, 5) is 2.46. The van der Waals surface area contributed by atoms with Gasteiger partial charge in [0.2, 0.25) is 0 Å². The second-order valence-electron chi connectivity index (χ2n) is 5.70. The van der Waals surface area contributed by atoms with E-state index in [2.05, 4.69) is 37.9 Å². The fraction of sp³-hybridized carbons (Fsp3) is 1.00. The number of likely N-dealkylation sites (N-methyl/N-ethyl adjacent to an activating group) is 1. The summed E-state index contributed by atoms with van der Waals surface area (Å²) in [5, 5.41) is 3.59. The molecule has 0 aromatic heterocycles. The third-order valence-corrected chi connectivity index (χ3v) is 3.73. The first kappa shape index (κ1) is 14.9. The normalized spacial score (nSPS) is 24.2. The SMILES string of the molecule is CCN(CC)CCNC[C@@H]1CCOC(C)(C)C1. The van der Waals surface area contributed by atoms with E-state index >= 15 is 0 Å². The van der Waals surface area contributed by atoms with Crippen molar-refractivity contribution in [1.29, 1.82) is 0 Å². The lowest BCUT2D eigenvalue weighted by Gasteiger charge is -2.35. The molecule has 0 aromatic carbocycles. The Morgan fingerprint density at radius 3 is 2.59 bits per heavy atom. The average molecular weight is 242 g/mol. The van der Waals surface area contributed by atoms with Crippen LogP contribution in [-0.4, -0.2) is 49.8 Å². The fourth-order valence-electron chi connectivity index (χ4n) is 2.62. The summed E-state index contributed by atoms with van der Waals surface area (Å²) in [6.07, 6.45) is 2.40. The van der Waals surface area contributed by atoms with Crippen LogP contribution in [0.3, 0.4) is 0 Å². The number of nitrogens with one attached hydrogen (secondary N) is 1. The fourth-order valence-corrected chi connectivity index (χ4v) is 2.62. The molecular formula is C14H30N2O. The van der Waals surface area contributed by atoms with E-state index in [1.165, 1.54) is 19.4 Å². The van der Waals surface area contributed by atoms with Crippen molar-refractivity contribution in [3.63, 3.8) is 0 Å². The first-order valence-corrected chi connectivity index (χ1v) is 7.14. The molecule has 1 aliphatic heterocycles. The van der Waals surface area contributed by atoms with E-state index < -0.39 is 0 Å². The van der Waals surface area contributed by atoms with Gasteiger partial charge in [-0.25, -0.2) is 0 Å². The second kappa shape index (κ2) is 7.34. The van der Waals surface area contributed by atoms with Crippen LogP contribution >= 0.6 is 0 Å². The molecule has 1 aliphatic rings. The van der Waals surface area contributed by atoms with Gasteiger partial charge in [0.1, 0.15) is 0 Å². The van der Waals surface area contributed by atoms with Gasteiger partial charge in [0, 0.05) is 19.7 Å². The topological polar surface area (TPSA) is 24.5 Å². The van der Waals surface area contributed by atoms with Crippen LogP contribution in [0.15, 0.2) is 0 Å². The summed E-state index contributed by atoms with van der Waals surface area (Å²) in [5.41, 5.74) is 0.0868. The average Bonchev–Trinajstić information content (AvgIpc) is 2.28. The Bertz CT molecular complexity index is 202. The maximum atomic E-state index is 5.74. The summed E-state index contributed by atoms with van der Waals surface area (Å²) < 4.78 is 5.74. The first-order chi connectivity index (χ1) is 8.07. The Morgan fingerprint density at radius 2 is 2.00 bits per heavy atom. The molecule has 102 valence electrons. The van der Waals surface area contributed by atoms with Crippen LogP contribution in [0.5, 0.6) is 0 Å². The van der Waals surface area contributed by atoms with E-state index in [-0.39, 0.29) is 5.60 Å². The molecule has 0 unspecified atom stereocenters. The lowest BCUT2D eigenvalue weighted by Crippen LogP contribution is -2.39. The standard InChI is InChI=1S/C14H30N2O/c1-5-16(6-2)9-8-15-12-13-7-10-17-14(3,4)11-13/h13,15H,5-12H2,1-4H3/t13-/m1/s1. The van der Waals surface area contributed by atoms with Crippen molar-refractivity contribution in [2.45, 2.75) is 46.1 Å². The second-order valence-corrected chi connectivity index (χ2v) is 5.70. The molecule has 1 atom stereocenters. The summed E-state index contributed by atoms with van der Waals surface area (Å²) in [5.74, 6) is 0.787. The van der Waals surface area contributed by atoms with Crippen LogP contribution in [0.25, 0.3) is 0 Å². The highest BCUT2D eigenvalue weighted by Gasteiger charge is 2.28. The minimum atomic E-state index is 0.0868. The van der Waals surface area contributed by atoms with Gasteiger partial charge in [0.25, 0.3) is 0 Å². The zero-order valence-corrected chi connectivity index (χ0v) is 12.1. The van der Waals surface area contributed by atoms with Crippen LogP contribution < -0.4 is 5.32 Å². The summed E-state index contributed by atoms with van der Waals surface area (Å²) in [7, 11) is 0. The van der Waals surface area contributed by atoms with Crippen molar-refractivity contribution < 1.29 is 4.74 Å². The molecule has 0 aromatic rings. The molecule has 1 fully saturated rings. The van der Waals surface area contributed by atoms with E-state index in [9.17, 15) is 0 Å². The van der Waals surface area contributed by atoms with E-state index in [1.807, 2.05) is 0 Å². The third-order valence-electron chi connectivity index (χ3n) is 3.73.